The Morgan fingerprint density at radius 3 is 3.13 bits per heavy atom. The third kappa shape index (κ3) is 3.10. The Bertz CT molecular complexity index is 339. The van der Waals surface area contributed by atoms with E-state index in [9.17, 15) is 0 Å². The molecule has 1 aromatic carbocycles. The maximum absolute atomic E-state index is 5.92. The van der Waals surface area contributed by atoms with Gasteiger partial charge in [0.25, 0.3) is 0 Å². The summed E-state index contributed by atoms with van der Waals surface area (Å²) in [6, 6.07) is 5.73. The van der Waals surface area contributed by atoms with E-state index in [1.54, 1.807) is 0 Å². The molecule has 0 bridgehead atoms. The summed E-state index contributed by atoms with van der Waals surface area (Å²) in [5.41, 5.74) is 1.03. The molecule has 0 saturated carbocycles. The van der Waals surface area contributed by atoms with Gasteiger partial charge in [-0.1, -0.05) is 11.6 Å². The van der Waals surface area contributed by atoms with E-state index >= 15 is 0 Å². The van der Waals surface area contributed by atoms with Crippen LogP contribution in [0.3, 0.4) is 0 Å². The van der Waals surface area contributed by atoms with Crippen molar-refractivity contribution in [2.24, 2.45) is 0 Å². The molecule has 2 nitrogen and oxygen atoms in total. The molecule has 1 heterocycles. The molecule has 0 amide bonds. The number of ether oxygens (including phenoxy) is 1. The number of halogens is 2. The molecule has 15 heavy (non-hydrogen) atoms. The highest BCUT2D eigenvalue weighted by Gasteiger charge is 2.15. The Balaban J connectivity index is 1.94. The molecule has 1 unspecified atom stereocenters. The number of anilines is 1. The van der Waals surface area contributed by atoms with Crippen molar-refractivity contribution in [2.45, 2.75) is 18.9 Å². The number of benzene rings is 1. The summed E-state index contributed by atoms with van der Waals surface area (Å²) >= 11 is 9.40. The predicted molar refractivity (Wildman–Crippen MR) is 66.6 cm³/mol. The lowest BCUT2D eigenvalue weighted by Gasteiger charge is -2.13. The summed E-state index contributed by atoms with van der Waals surface area (Å²) in [6.45, 7) is 1.74. The van der Waals surface area contributed by atoms with Gasteiger partial charge < -0.3 is 10.1 Å². The zero-order valence-electron chi connectivity index (χ0n) is 8.30. The van der Waals surface area contributed by atoms with Gasteiger partial charge in [0, 0.05) is 28.3 Å². The highest BCUT2D eigenvalue weighted by atomic mass is 79.9. The van der Waals surface area contributed by atoms with Gasteiger partial charge in [-0.15, -0.1) is 0 Å². The molecule has 0 aliphatic carbocycles. The summed E-state index contributed by atoms with van der Waals surface area (Å²) in [5.74, 6) is 0. The Morgan fingerprint density at radius 1 is 1.53 bits per heavy atom. The molecule has 0 radical (unpaired) electrons. The summed E-state index contributed by atoms with van der Waals surface area (Å²) in [6.07, 6.45) is 2.66. The van der Waals surface area contributed by atoms with E-state index in [4.69, 9.17) is 16.3 Å². The molecule has 1 aliphatic rings. The van der Waals surface area contributed by atoms with E-state index in [1.807, 2.05) is 18.2 Å². The fourth-order valence-corrected chi connectivity index (χ4v) is 2.22. The van der Waals surface area contributed by atoms with E-state index in [2.05, 4.69) is 21.2 Å². The average molecular weight is 291 g/mol. The largest absolute Gasteiger partial charge is 0.381 e. The van der Waals surface area contributed by atoms with E-state index in [1.165, 1.54) is 6.42 Å². The lowest BCUT2D eigenvalue weighted by molar-refractivity contribution is 0.120. The molecule has 1 saturated heterocycles. The Morgan fingerprint density at radius 2 is 2.40 bits per heavy atom. The maximum atomic E-state index is 5.92. The van der Waals surface area contributed by atoms with Gasteiger partial charge in [0.2, 0.25) is 0 Å². The molecule has 4 heteroatoms. The summed E-state index contributed by atoms with van der Waals surface area (Å²) in [7, 11) is 0. The Labute approximate surface area is 103 Å². The second-order valence-corrected chi connectivity index (χ2v) is 4.93. The van der Waals surface area contributed by atoms with Gasteiger partial charge in [-0.2, -0.15) is 0 Å². The van der Waals surface area contributed by atoms with Crippen molar-refractivity contribution in [1.29, 1.82) is 0 Å². The van der Waals surface area contributed by atoms with Crippen LogP contribution in [0.2, 0.25) is 5.02 Å². The van der Waals surface area contributed by atoms with Crippen molar-refractivity contribution in [3.05, 3.63) is 27.7 Å². The molecule has 1 aliphatic heterocycles. The molecule has 0 aromatic heterocycles. The van der Waals surface area contributed by atoms with Crippen molar-refractivity contribution < 1.29 is 4.74 Å². The van der Waals surface area contributed by atoms with Crippen molar-refractivity contribution in [2.75, 3.05) is 18.5 Å². The highest BCUT2D eigenvalue weighted by molar-refractivity contribution is 9.10. The first-order valence-electron chi connectivity index (χ1n) is 5.06. The zero-order valence-corrected chi connectivity index (χ0v) is 10.6. The first-order chi connectivity index (χ1) is 7.25. The van der Waals surface area contributed by atoms with Crippen molar-refractivity contribution in [1.82, 2.24) is 0 Å². The molecular weight excluding hydrogens is 277 g/mol. The zero-order chi connectivity index (χ0) is 10.7. The second kappa shape index (κ2) is 5.19. The fourth-order valence-electron chi connectivity index (χ4n) is 1.66. The van der Waals surface area contributed by atoms with Crippen LogP contribution in [-0.2, 0) is 4.74 Å². The van der Waals surface area contributed by atoms with Gasteiger partial charge in [-0.3, -0.25) is 0 Å². The maximum Gasteiger partial charge on any atom is 0.0748 e. The van der Waals surface area contributed by atoms with Gasteiger partial charge in [-0.25, -0.2) is 0 Å². The quantitative estimate of drug-likeness (QED) is 0.916. The number of nitrogens with one attached hydrogen (secondary N) is 1. The minimum Gasteiger partial charge on any atom is -0.381 e. The lowest BCUT2D eigenvalue weighted by Crippen LogP contribution is -2.18. The van der Waals surface area contributed by atoms with E-state index in [0.29, 0.717) is 6.10 Å². The monoisotopic (exact) mass is 289 g/mol. The molecular formula is C11H13BrClNO. The fraction of sp³-hybridized carbons (Fsp3) is 0.455. The average Bonchev–Trinajstić information content (AvgIpc) is 2.72. The molecule has 2 rings (SSSR count). The van der Waals surface area contributed by atoms with Crippen molar-refractivity contribution >= 4 is 33.2 Å². The van der Waals surface area contributed by atoms with Crippen LogP contribution in [0.5, 0.6) is 0 Å². The normalized spacial score (nSPS) is 20.5. The van der Waals surface area contributed by atoms with Crippen LogP contribution in [0, 0.1) is 0 Å². The Kier molecular flexibility index (Phi) is 3.89. The minimum atomic E-state index is 0.343. The highest BCUT2D eigenvalue weighted by Crippen LogP contribution is 2.26. The van der Waals surface area contributed by atoms with Crippen LogP contribution >= 0.6 is 27.5 Å². The molecule has 82 valence electrons. The smallest absolute Gasteiger partial charge is 0.0748 e. The second-order valence-electron chi connectivity index (χ2n) is 3.64. The number of rotatable bonds is 3. The Hall–Kier alpha value is -0.250. The first-order valence-corrected chi connectivity index (χ1v) is 6.23. The summed E-state index contributed by atoms with van der Waals surface area (Å²) in [5, 5.41) is 4.08. The van der Waals surface area contributed by atoms with E-state index < -0.39 is 0 Å². The number of hydrogen-bond acceptors (Lipinski definition) is 2. The van der Waals surface area contributed by atoms with Gasteiger partial charge in [0.05, 0.1) is 6.10 Å². The molecule has 1 N–H and O–H groups in total. The predicted octanol–water partition coefficient (Wildman–Crippen LogP) is 3.69. The molecule has 1 atom stereocenters. The van der Waals surface area contributed by atoms with Crippen LogP contribution in [0.25, 0.3) is 0 Å². The van der Waals surface area contributed by atoms with Crippen LogP contribution in [0.4, 0.5) is 5.69 Å². The van der Waals surface area contributed by atoms with Crippen molar-refractivity contribution in [3.8, 4) is 0 Å². The lowest BCUT2D eigenvalue weighted by atomic mass is 10.2. The van der Waals surface area contributed by atoms with Crippen LogP contribution in [-0.4, -0.2) is 19.3 Å². The van der Waals surface area contributed by atoms with Gasteiger partial charge >= 0.3 is 0 Å². The van der Waals surface area contributed by atoms with Crippen LogP contribution in [0.1, 0.15) is 12.8 Å². The minimum absolute atomic E-state index is 0.343. The van der Waals surface area contributed by atoms with Gasteiger partial charge in [-0.05, 0) is 47.0 Å². The molecule has 1 aromatic rings. The molecule has 0 spiro atoms. The standard InChI is InChI=1S/C11H13BrClNO/c12-10-4-3-8(13)6-11(10)14-7-9-2-1-5-15-9/h3-4,6,9,14H,1-2,5,7H2. The van der Waals surface area contributed by atoms with Gasteiger partial charge in [0.15, 0.2) is 0 Å². The first kappa shape index (κ1) is 11.2. The number of hydrogen-bond donors (Lipinski definition) is 1. The topological polar surface area (TPSA) is 21.3 Å². The third-order valence-corrected chi connectivity index (χ3v) is 3.40. The van der Waals surface area contributed by atoms with Crippen LogP contribution < -0.4 is 5.32 Å². The summed E-state index contributed by atoms with van der Waals surface area (Å²) in [4.78, 5) is 0. The van der Waals surface area contributed by atoms with Crippen molar-refractivity contribution in [3.63, 3.8) is 0 Å². The SMILES string of the molecule is Clc1ccc(Br)c(NCC2CCCO2)c1. The van der Waals surface area contributed by atoms with Crippen LogP contribution in [0.15, 0.2) is 22.7 Å². The molecule has 1 fully saturated rings. The van der Waals surface area contributed by atoms with E-state index in [-0.39, 0.29) is 0 Å². The van der Waals surface area contributed by atoms with Gasteiger partial charge in [0.1, 0.15) is 0 Å². The summed E-state index contributed by atoms with van der Waals surface area (Å²) < 4.78 is 6.57. The third-order valence-electron chi connectivity index (χ3n) is 2.47. The van der Waals surface area contributed by atoms with E-state index in [0.717, 1.165) is 34.8 Å².